The molecular formula is C4H3Cl2NO2S2. The van der Waals surface area contributed by atoms with Crippen LogP contribution < -0.4 is 0 Å². The van der Waals surface area contributed by atoms with Crippen molar-refractivity contribution in [1.82, 2.24) is 4.98 Å². The number of nitrogens with zero attached hydrogens (tertiary/aromatic N) is 1. The summed E-state index contributed by atoms with van der Waals surface area (Å²) in [4.78, 5) is 3.41. The van der Waals surface area contributed by atoms with Gasteiger partial charge in [-0.2, -0.15) is 0 Å². The molecule has 0 bridgehead atoms. The molecule has 0 N–H and O–H groups in total. The molecule has 0 aliphatic rings. The van der Waals surface area contributed by atoms with E-state index in [0.29, 0.717) is 11.3 Å². The smallest absolute Gasteiger partial charge is 0.229 e. The van der Waals surface area contributed by atoms with Gasteiger partial charge in [-0.05, 0) is 6.85 Å². The first-order chi connectivity index (χ1) is 6.12. The van der Waals surface area contributed by atoms with E-state index < -0.39 is 25.8 Å². The summed E-state index contributed by atoms with van der Waals surface area (Å²) in [5.74, 6) is 0. The van der Waals surface area contributed by atoms with E-state index >= 15 is 0 Å². The molecule has 0 radical (unpaired) electrons. The molecule has 0 saturated heterocycles. The number of aromatic nitrogens is 1. The summed E-state index contributed by atoms with van der Waals surface area (Å²) < 4.78 is 42.2. The molecule has 0 amide bonds. The van der Waals surface area contributed by atoms with E-state index in [-0.39, 0.29) is 4.47 Å². The Morgan fingerprint density at radius 2 is 2.36 bits per heavy atom. The highest BCUT2D eigenvalue weighted by atomic mass is 35.7. The average molecular weight is 235 g/mol. The molecule has 7 heteroatoms. The molecule has 0 unspecified atom stereocenters. The molecule has 0 aliphatic carbocycles. The normalized spacial score (nSPS) is 17.1. The highest BCUT2D eigenvalue weighted by molar-refractivity contribution is 8.15. The lowest BCUT2D eigenvalue weighted by atomic mass is 10.6. The van der Waals surface area contributed by atoms with Crippen molar-refractivity contribution >= 4 is 42.7 Å². The highest BCUT2D eigenvalue weighted by Crippen LogP contribution is 2.28. The van der Waals surface area contributed by atoms with Gasteiger partial charge in [-0.15, -0.1) is 0 Å². The quantitative estimate of drug-likeness (QED) is 0.699. The molecule has 11 heavy (non-hydrogen) atoms. The Kier molecular flexibility index (Phi) is 1.51. The SMILES string of the molecule is [2H]C([2H])([2H])c1nc(Cl)sc1S(=O)(=O)Cl. The van der Waals surface area contributed by atoms with Crippen LogP contribution in [0.3, 0.4) is 0 Å². The molecule has 0 aliphatic heterocycles. The maximum absolute atomic E-state index is 10.9. The third-order valence-corrected chi connectivity index (χ3v) is 4.03. The Bertz CT molecular complexity index is 452. The van der Waals surface area contributed by atoms with Gasteiger partial charge in [-0.25, -0.2) is 13.4 Å². The minimum atomic E-state index is -4.11. The molecule has 0 spiro atoms. The van der Waals surface area contributed by atoms with E-state index in [2.05, 4.69) is 4.98 Å². The number of halogens is 2. The molecule has 1 rings (SSSR count). The fourth-order valence-corrected chi connectivity index (χ4v) is 2.75. The number of hydrogen-bond acceptors (Lipinski definition) is 4. The van der Waals surface area contributed by atoms with E-state index in [4.69, 9.17) is 26.4 Å². The standard InChI is InChI=1S/C4H3Cl2NO2S2/c1-2-3(11(6,8)9)10-4(5)7-2/h1H3/i1D3. The van der Waals surface area contributed by atoms with Gasteiger partial charge in [0.2, 0.25) is 0 Å². The van der Waals surface area contributed by atoms with Crippen molar-refractivity contribution in [2.45, 2.75) is 11.1 Å². The Hall–Kier alpha value is 0.160. The first-order valence-corrected chi connectivity index (χ1v) is 5.74. The summed E-state index contributed by atoms with van der Waals surface area (Å²) in [5.41, 5.74) is -0.581. The predicted octanol–water partition coefficient (Wildman–Crippen LogP) is 2.03. The Balaban J connectivity index is 3.46. The summed E-state index contributed by atoms with van der Waals surface area (Å²) in [6.07, 6.45) is 0. The molecule has 1 aromatic heterocycles. The maximum Gasteiger partial charge on any atom is 0.272 e. The van der Waals surface area contributed by atoms with Crippen LogP contribution in [0.1, 0.15) is 9.81 Å². The third-order valence-electron chi connectivity index (χ3n) is 0.791. The fourth-order valence-electron chi connectivity index (χ4n) is 0.446. The molecule has 62 valence electrons. The van der Waals surface area contributed by atoms with Crippen LogP contribution in [0, 0.1) is 6.85 Å². The Morgan fingerprint density at radius 1 is 1.73 bits per heavy atom. The number of thiazole rings is 1. The van der Waals surface area contributed by atoms with E-state index in [0.717, 1.165) is 0 Å². The molecule has 0 aromatic carbocycles. The lowest BCUT2D eigenvalue weighted by Crippen LogP contribution is -1.88. The average Bonchev–Trinajstić information content (AvgIpc) is 2.27. The van der Waals surface area contributed by atoms with Crippen LogP contribution in [-0.4, -0.2) is 13.4 Å². The topological polar surface area (TPSA) is 47.0 Å². The van der Waals surface area contributed by atoms with Crippen LogP contribution in [0.2, 0.25) is 4.47 Å². The Morgan fingerprint density at radius 3 is 2.73 bits per heavy atom. The molecular weight excluding hydrogens is 229 g/mol. The largest absolute Gasteiger partial charge is 0.272 e. The zero-order valence-electron chi connectivity index (χ0n) is 7.84. The molecule has 3 nitrogen and oxygen atoms in total. The minimum Gasteiger partial charge on any atom is -0.229 e. The predicted molar refractivity (Wildman–Crippen MR) is 44.9 cm³/mol. The van der Waals surface area contributed by atoms with Crippen molar-refractivity contribution in [3.63, 3.8) is 0 Å². The zero-order chi connectivity index (χ0) is 11.1. The van der Waals surface area contributed by atoms with Gasteiger partial charge in [-0.1, -0.05) is 22.9 Å². The summed E-state index contributed by atoms with van der Waals surface area (Å²) in [7, 11) is 0.905. The van der Waals surface area contributed by atoms with Crippen LogP contribution in [0.15, 0.2) is 4.21 Å². The number of hydrogen-bond donors (Lipinski definition) is 0. The fraction of sp³-hybridized carbons (Fsp3) is 0.250. The van der Waals surface area contributed by atoms with E-state index in [1.165, 1.54) is 0 Å². The van der Waals surface area contributed by atoms with Crippen LogP contribution in [0.5, 0.6) is 0 Å². The Labute approximate surface area is 81.6 Å². The molecule has 1 heterocycles. The van der Waals surface area contributed by atoms with Crippen molar-refractivity contribution in [3.05, 3.63) is 10.2 Å². The van der Waals surface area contributed by atoms with Gasteiger partial charge in [0.1, 0.15) is 0 Å². The van der Waals surface area contributed by atoms with Gasteiger partial charge >= 0.3 is 0 Å². The first-order valence-electron chi connectivity index (χ1n) is 3.74. The van der Waals surface area contributed by atoms with Gasteiger partial charge < -0.3 is 0 Å². The van der Waals surface area contributed by atoms with Crippen molar-refractivity contribution < 1.29 is 12.5 Å². The second-order valence-corrected chi connectivity index (χ2v) is 5.88. The minimum absolute atomic E-state index is 0.171. The highest BCUT2D eigenvalue weighted by Gasteiger charge is 2.17. The first kappa shape index (κ1) is 5.75. The monoisotopic (exact) mass is 234 g/mol. The van der Waals surface area contributed by atoms with Crippen molar-refractivity contribution in [2.75, 3.05) is 0 Å². The van der Waals surface area contributed by atoms with E-state index in [1.54, 1.807) is 0 Å². The van der Waals surface area contributed by atoms with Gasteiger partial charge in [0.25, 0.3) is 9.05 Å². The summed E-state index contributed by atoms with van der Waals surface area (Å²) in [6, 6.07) is 0. The van der Waals surface area contributed by atoms with E-state index in [9.17, 15) is 8.42 Å². The van der Waals surface area contributed by atoms with Crippen LogP contribution in [0.4, 0.5) is 0 Å². The van der Waals surface area contributed by atoms with Crippen LogP contribution in [0.25, 0.3) is 0 Å². The van der Waals surface area contributed by atoms with Gasteiger partial charge in [0.05, 0.1) is 5.69 Å². The zero-order valence-corrected chi connectivity index (χ0v) is 7.98. The van der Waals surface area contributed by atoms with Gasteiger partial charge in [0.15, 0.2) is 8.68 Å². The maximum atomic E-state index is 10.9. The lowest BCUT2D eigenvalue weighted by Gasteiger charge is -1.87. The van der Waals surface area contributed by atoms with Crippen LogP contribution >= 0.6 is 33.6 Å². The second kappa shape index (κ2) is 2.90. The van der Waals surface area contributed by atoms with Gasteiger partial charge in [-0.3, -0.25) is 0 Å². The molecule has 0 saturated carbocycles. The third kappa shape index (κ3) is 2.05. The van der Waals surface area contributed by atoms with Crippen molar-refractivity contribution in [3.8, 4) is 0 Å². The molecule has 0 fully saturated rings. The van der Waals surface area contributed by atoms with E-state index in [1.807, 2.05) is 0 Å². The molecule has 1 aromatic rings. The second-order valence-electron chi connectivity index (χ2n) is 1.54. The van der Waals surface area contributed by atoms with Crippen molar-refractivity contribution in [2.24, 2.45) is 0 Å². The summed E-state index contributed by atoms with van der Waals surface area (Å²) in [6.45, 7) is -2.64. The van der Waals surface area contributed by atoms with Crippen molar-refractivity contribution in [1.29, 1.82) is 0 Å². The number of rotatable bonds is 1. The number of aryl methyl sites for hydroxylation is 1. The summed E-state index contributed by atoms with van der Waals surface area (Å²) in [5, 5.41) is 0. The summed E-state index contributed by atoms with van der Waals surface area (Å²) >= 11 is 5.93. The van der Waals surface area contributed by atoms with Gasteiger partial charge in [0, 0.05) is 14.8 Å². The molecule has 0 atom stereocenters. The van der Waals surface area contributed by atoms with Crippen LogP contribution in [-0.2, 0) is 9.05 Å². The lowest BCUT2D eigenvalue weighted by molar-refractivity contribution is 0.610.